The molecule has 8 heteroatoms. The summed E-state index contributed by atoms with van der Waals surface area (Å²) in [5.41, 5.74) is 5.74. The van der Waals surface area contributed by atoms with Crippen LogP contribution in [0.5, 0.6) is 11.5 Å². The van der Waals surface area contributed by atoms with E-state index >= 15 is 0 Å². The molecule has 0 aliphatic heterocycles. The first kappa shape index (κ1) is 22.3. The standard InChI is InChI=1S/C28H18N6O.Pt/c1-19-7-4-10-24-27(19)31-28-33(24)23-13-12-22(18-25(23)34(28)26-11-2-3-14-29-26)35-21-9-5-8-20(17-21)32-16-6-15-30-32;/h2-16H,1H3;/q-2;+2. The fourth-order valence-electron chi connectivity index (χ4n) is 4.44. The quantitative estimate of drug-likeness (QED) is 0.229. The van der Waals surface area contributed by atoms with Crippen molar-refractivity contribution in [2.45, 2.75) is 6.92 Å². The molecule has 0 unspecified atom stereocenters. The predicted octanol–water partition coefficient (Wildman–Crippen LogP) is 5.71. The number of pyridine rings is 1. The Morgan fingerprint density at radius 2 is 1.69 bits per heavy atom. The molecule has 7 rings (SSSR count). The monoisotopic (exact) mass is 649 g/mol. The zero-order valence-electron chi connectivity index (χ0n) is 19.1. The molecular formula is C28H18N6OPt. The van der Waals surface area contributed by atoms with Crippen molar-refractivity contribution in [3.63, 3.8) is 0 Å². The van der Waals surface area contributed by atoms with Crippen LogP contribution in [-0.4, -0.2) is 28.7 Å². The third-order valence-corrected chi connectivity index (χ3v) is 6.01. The van der Waals surface area contributed by atoms with Crippen LogP contribution >= 0.6 is 0 Å². The van der Waals surface area contributed by atoms with Crippen LogP contribution in [0.2, 0.25) is 0 Å². The fourth-order valence-corrected chi connectivity index (χ4v) is 4.44. The Labute approximate surface area is 220 Å². The van der Waals surface area contributed by atoms with Gasteiger partial charge in [-0.3, -0.25) is 9.25 Å². The van der Waals surface area contributed by atoms with Crippen molar-refractivity contribution in [2.24, 2.45) is 0 Å². The van der Waals surface area contributed by atoms with E-state index in [0.717, 1.165) is 44.9 Å². The molecule has 0 spiro atoms. The van der Waals surface area contributed by atoms with Gasteiger partial charge in [0.05, 0.1) is 11.0 Å². The molecule has 0 radical (unpaired) electrons. The van der Waals surface area contributed by atoms with Gasteiger partial charge in [-0.15, -0.1) is 36.4 Å². The van der Waals surface area contributed by atoms with Gasteiger partial charge in [0, 0.05) is 30.1 Å². The second-order valence-electron chi connectivity index (χ2n) is 8.22. The van der Waals surface area contributed by atoms with E-state index < -0.39 is 0 Å². The maximum Gasteiger partial charge on any atom is 2.00 e. The molecule has 4 aromatic heterocycles. The number of imidazole rings is 2. The zero-order valence-corrected chi connectivity index (χ0v) is 21.3. The summed E-state index contributed by atoms with van der Waals surface area (Å²) in [6.45, 7) is 2.08. The Bertz CT molecular complexity index is 1840. The number of aromatic nitrogens is 6. The molecule has 3 aromatic carbocycles. The normalized spacial score (nSPS) is 11.2. The van der Waals surface area contributed by atoms with Crippen LogP contribution in [-0.2, 0) is 21.1 Å². The SMILES string of the molecule is Cc1cccc2c1nc1n(-c3ccccn3)c3[c-]c(Oc4[c-]c(-n5cccn5)ccc4)ccc3n21.[Pt+2]. The molecule has 0 atom stereocenters. The Balaban J connectivity index is 0.00000240. The number of nitrogens with zero attached hydrogens (tertiary/aromatic N) is 6. The predicted molar refractivity (Wildman–Crippen MR) is 133 cm³/mol. The van der Waals surface area contributed by atoms with Gasteiger partial charge in [-0.2, -0.15) is 11.2 Å². The van der Waals surface area contributed by atoms with Gasteiger partial charge in [0.15, 0.2) is 0 Å². The van der Waals surface area contributed by atoms with E-state index in [-0.39, 0.29) is 21.1 Å². The summed E-state index contributed by atoms with van der Waals surface area (Å²) in [7, 11) is 0. The van der Waals surface area contributed by atoms with Crippen molar-refractivity contribution < 1.29 is 25.8 Å². The smallest absolute Gasteiger partial charge is 0.509 e. The van der Waals surface area contributed by atoms with Gasteiger partial charge < -0.3 is 9.14 Å². The molecule has 0 saturated carbocycles. The van der Waals surface area contributed by atoms with Crippen LogP contribution in [0.15, 0.2) is 91.4 Å². The van der Waals surface area contributed by atoms with Crippen molar-refractivity contribution >= 4 is 27.8 Å². The van der Waals surface area contributed by atoms with Gasteiger partial charge in [0.1, 0.15) is 5.82 Å². The summed E-state index contributed by atoms with van der Waals surface area (Å²) < 4.78 is 12.1. The number of hydrogen-bond donors (Lipinski definition) is 0. The molecule has 7 aromatic rings. The Hall–Kier alpha value is -4.22. The van der Waals surface area contributed by atoms with Crippen molar-refractivity contribution in [3.8, 4) is 23.0 Å². The molecule has 0 bridgehead atoms. The summed E-state index contributed by atoms with van der Waals surface area (Å²) in [5, 5.41) is 4.27. The van der Waals surface area contributed by atoms with Crippen LogP contribution in [0.3, 0.4) is 0 Å². The van der Waals surface area contributed by atoms with Gasteiger partial charge in [-0.25, -0.2) is 9.97 Å². The second kappa shape index (κ2) is 8.77. The van der Waals surface area contributed by atoms with E-state index in [1.165, 1.54) is 0 Å². The molecule has 176 valence electrons. The first-order valence-corrected chi connectivity index (χ1v) is 11.2. The number of rotatable bonds is 4. The van der Waals surface area contributed by atoms with E-state index in [1.54, 1.807) is 17.1 Å². The van der Waals surface area contributed by atoms with E-state index in [4.69, 9.17) is 9.72 Å². The van der Waals surface area contributed by atoms with Crippen LogP contribution in [0.25, 0.3) is 39.3 Å². The fraction of sp³-hybridized carbons (Fsp3) is 0.0357. The average molecular weight is 650 g/mol. The van der Waals surface area contributed by atoms with E-state index in [1.807, 2.05) is 65.4 Å². The van der Waals surface area contributed by atoms with Crippen molar-refractivity contribution in [1.82, 2.24) is 28.7 Å². The van der Waals surface area contributed by atoms with Crippen LogP contribution in [0.4, 0.5) is 0 Å². The first-order valence-electron chi connectivity index (χ1n) is 11.2. The maximum atomic E-state index is 6.18. The van der Waals surface area contributed by atoms with Crippen molar-refractivity contribution in [2.75, 3.05) is 0 Å². The third-order valence-electron chi connectivity index (χ3n) is 6.01. The van der Waals surface area contributed by atoms with Crippen molar-refractivity contribution in [3.05, 3.63) is 109 Å². The first-order chi connectivity index (χ1) is 17.3. The number of ether oxygens (including phenoxy) is 1. The number of aryl methyl sites for hydroxylation is 1. The van der Waals surface area contributed by atoms with Gasteiger partial charge >= 0.3 is 21.1 Å². The third kappa shape index (κ3) is 3.51. The maximum absolute atomic E-state index is 6.18. The van der Waals surface area contributed by atoms with Gasteiger partial charge in [0.25, 0.3) is 0 Å². The molecule has 0 saturated heterocycles. The molecular weight excluding hydrogens is 631 g/mol. The molecule has 0 N–H and O–H groups in total. The molecule has 4 heterocycles. The number of benzene rings is 3. The molecule has 36 heavy (non-hydrogen) atoms. The van der Waals surface area contributed by atoms with E-state index in [9.17, 15) is 0 Å². The minimum absolute atomic E-state index is 0. The summed E-state index contributed by atoms with van der Waals surface area (Å²) in [4.78, 5) is 9.59. The van der Waals surface area contributed by atoms with Crippen LogP contribution in [0, 0.1) is 19.1 Å². The molecule has 0 amide bonds. The molecule has 0 aliphatic carbocycles. The second-order valence-corrected chi connectivity index (χ2v) is 8.22. The average Bonchev–Trinajstić information content (AvgIpc) is 3.61. The largest absolute Gasteiger partial charge is 2.00 e. The minimum atomic E-state index is 0. The minimum Gasteiger partial charge on any atom is -0.509 e. The Morgan fingerprint density at radius 3 is 2.53 bits per heavy atom. The van der Waals surface area contributed by atoms with Crippen LogP contribution in [0.1, 0.15) is 5.56 Å². The van der Waals surface area contributed by atoms with Gasteiger partial charge in [-0.1, -0.05) is 18.2 Å². The molecule has 0 fully saturated rings. The number of fused-ring (bicyclic) bond motifs is 5. The molecule has 7 nitrogen and oxygen atoms in total. The van der Waals surface area contributed by atoms with Gasteiger partial charge in [0.2, 0.25) is 5.78 Å². The van der Waals surface area contributed by atoms with Gasteiger partial charge in [-0.05, 0) is 53.5 Å². The van der Waals surface area contributed by atoms with E-state index in [0.29, 0.717) is 11.5 Å². The molecule has 0 aliphatic rings. The zero-order chi connectivity index (χ0) is 23.4. The van der Waals surface area contributed by atoms with E-state index in [2.05, 4.69) is 51.7 Å². The number of para-hydroxylation sites is 1. The summed E-state index contributed by atoms with van der Waals surface area (Å²) >= 11 is 0. The summed E-state index contributed by atoms with van der Waals surface area (Å²) in [6.07, 6.45) is 5.38. The Morgan fingerprint density at radius 1 is 0.806 bits per heavy atom. The van der Waals surface area contributed by atoms with Crippen LogP contribution < -0.4 is 4.74 Å². The summed E-state index contributed by atoms with van der Waals surface area (Å²) in [5.74, 6) is 2.70. The summed E-state index contributed by atoms with van der Waals surface area (Å²) in [6, 6.07) is 30.3. The Kier molecular flexibility index (Phi) is 5.42. The number of hydrogen-bond acceptors (Lipinski definition) is 4. The van der Waals surface area contributed by atoms with Crippen molar-refractivity contribution in [1.29, 1.82) is 0 Å². The topological polar surface area (TPSA) is 62.2 Å².